The average molecular weight is 400 g/mol. The fourth-order valence-corrected chi connectivity index (χ4v) is 3.44. The molecule has 140 valence electrons. The second-order valence-corrected chi connectivity index (χ2v) is 8.06. The van der Waals surface area contributed by atoms with Crippen molar-refractivity contribution in [1.29, 1.82) is 0 Å². The molecule has 0 radical (unpaired) electrons. The predicted octanol–water partition coefficient (Wildman–Crippen LogP) is 2.53. The maximum atomic E-state index is 11.5. The van der Waals surface area contributed by atoms with Crippen LogP contribution in [0.4, 0.5) is 22.7 Å². The van der Waals surface area contributed by atoms with Gasteiger partial charge < -0.3 is 11.1 Å². The molecule has 0 bridgehead atoms. The van der Waals surface area contributed by atoms with Gasteiger partial charge in [-0.15, -0.1) is 10.2 Å². The summed E-state index contributed by atoms with van der Waals surface area (Å²) in [5.41, 5.74) is 6.09. The van der Waals surface area contributed by atoms with Crippen molar-refractivity contribution in [2.75, 3.05) is 18.1 Å². The molecule has 26 heavy (non-hydrogen) atoms. The lowest BCUT2D eigenvalue weighted by Gasteiger charge is -2.09. The summed E-state index contributed by atoms with van der Waals surface area (Å²) in [6, 6.07) is 6.34. The summed E-state index contributed by atoms with van der Waals surface area (Å²) in [4.78, 5) is -1.01. The minimum Gasteiger partial charge on any atom is -0.398 e. The molecule has 2 aromatic carbocycles. The van der Waals surface area contributed by atoms with E-state index in [1.54, 1.807) is 13.0 Å². The molecule has 0 saturated heterocycles. The van der Waals surface area contributed by atoms with Gasteiger partial charge in [0.2, 0.25) is 0 Å². The molecule has 2 rings (SSSR count). The van der Waals surface area contributed by atoms with Crippen LogP contribution in [0.25, 0.3) is 0 Å². The van der Waals surface area contributed by atoms with Crippen molar-refractivity contribution >= 4 is 43.0 Å². The average Bonchev–Trinajstić information content (AvgIpc) is 2.52. The Morgan fingerprint density at radius 1 is 0.923 bits per heavy atom. The van der Waals surface area contributed by atoms with E-state index in [-0.39, 0.29) is 17.1 Å². The first-order chi connectivity index (χ1) is 11.9. The van der Waals surface area contributed by atoms with Crippen LogP contribution in [0.3, 0.4) is 0 Å². The second kappa shape index (κ2) is 6.99. The SMILES string of the molecule is CNc1cc(N)c(S(=O)(=O)O)cc1N=Nc1ccc(C)cc1S(=O)(=O)O. The Morgan fingerprint density at radius 2 is 1.50 bits per heavy atom. The van der Waals surface area contributed by atoms with E-state index in [2.05, 4.69) is 15.5 Å². The summed E-state index contributed by atoms with van der Waals surface area (Å²) in [5, 5.41) is 10.3. The van der Waals surface area contributed by atoms with E-state index < -0.39 is 30.0 Å². The number of nitrogen functional groups attached to an aromatic ring is 1. The van der Waals surface area contributed by atoms with Gasteiger partial charge in [0.25, 0.3) is 20.2 Å². The van der Waals surface area contributed by atoms with Gasteiger partial charge in [0.1, 0.15) is 21.2 Å². The van der Waals surface area contributed by atoms with Gasteiger partial charge in [-0.2, -0.15) is 16.8 Å². The highest BCUT2D eigenvalue weighted by molar-refractivity contribution is 7.86. The van der Waals surface area contributed by atoms with E-state index >= 15 is 0 Å². The first-order valence-corrected chi connectivity index (χ1v) is 9.90. The largest absolute Gasteiger partial charge is 0.398 e. The van der Waals surface area contributed by atoms with Crippen LogP contribution in [0.5, 0.6) is 0 Å². The molecule has 10 nitrogen and oxygen atoms in total. The molecule has 0 aliphatic heterocycles. The lowest BCUT2D eigenvalue weighted by Crippen LogP contribution is -2.04. The summed E-state index contributed by atoms with van der Waals surface area (Å²) < 4.78 is 64.2. The van der Waals surface area contributed by atoms with E-state index in [9.17, 15) is 25.9 Å². The van der Waals surface area contributed by atoms with Crippen molar-refractivity contribution in [1.82, 2.24) is 0 Å². The van der Waals surface area contributed by atoms with Crippen LogP contribution < -0.4 is 11.1 Å². The van der Waals surface area contributed by atoms with Crippen LogP contribution in [0.1, 0.15) is 5.56 Å². The third-order valence-corrected chi connectivity index (χ3v) is 5.13. The molecule has 0 atom stereocenters. The van der Waals surface area contributed by atoms with Crippen LogP contribution in [0.15, 0.2) is 50.4 Å². The zero-order chi connectivity index (χ0) is 19.7. The summed E-state index contributed by atoms with van der Waals surface area (Å²) in [6.45, 7) is 1.63. The molecule has 0 amide bonds. The maximum absolute atomic E-state index is 11.5. The fraction of sp³-hybridized carbons (Fsp3) is 0.143. The number of aryl methyl sites for hydroxylation is 1. The summed E-state index contributed by atoms with van der Waals surface area (Å²) >= 11 is 0. The molecule has 12 heteroatoms. The lowest BCUT2D eigenvalue weighted by atomic mass is 10.2. The number of rotatable bonds is 5. The number of anilines is 2. The minimum atomic E-state index is -4.59. The number of nitrogens with zero attached hydrogens (tertiary/aromatic N) is 2. The zero-order valence-corrected chi connectivity index (χ0v) is 15.3. The van der Waals surface area contributed by atoms with Gasteiger partial charge in [-0.3, -0.25) is 9.11 Å². The molecule has 0 spiro atoms. The van der Waals surface area contributed by atoms with Gasteiger partial charge in [0.05, 0.1) is 11.4 Å². The number of nitrogens with two attached hydrogens (primary N) is 1. The zero-order valence-electron chi connectivity index (χ0n) is 13.7. The van der Waals surface area contributed by atoms with Crippen LogP contribution in [-0.4, -0.2) is 33.0 Å². The smallest absolute Gasteiger partial charge is 0.296 e. The Morgan fingerprint density at radius 3 is 2.04 bits per heavy atom. The van der Waals surface area contributed by atoms with Crippen molar-refractivity contribution in [3.63, 3.8) is 0 Å². The Hall–Kier alpha value is -2.54. The monoisotopic (exact) mass is 400 g/mol. The molecule has 2 aromatic rings. The van der Waals surface area contributed by atoms with Crippen molar-refractivity contribution in [3.05, 3.63) is 35.9 Å². The quantitative estimate of drug-likeness (QED) is 0.337. The highest BCUT2D eigenvalue weighted by atomic mass is 32.2. The summed E-state index contributed by atoms with van der Waals surface area (Å²) in [6.07, 6.45) is 0. The van der Waals surface area contributed by atoms with Crippen molar-refractivity contribution in [3.8, 4) is 0 Å². The summed E-state index contributed by atoms with van der Waals surface area (Å²) in [5.74, 6) is 0. The van der Waals surface area contributed by atoms with Crippen molar-refractivity contribution in [2.24, 2.45) is 10.2 Å². The minimum absolute atomic E-state index is 0.0174. The molecule has 5 N–H and O–H groups in total. The molecular formula is C14H16N4O6S2. The molecule has 0 saturated carbocycles. The normalized spacial score (nSPS) is 12.5. The fourth-order valence-electron chi connectivity index (χ4n) is 2.11. The Bertz CT molecular complexity index is 1090. The number of hydrogen-bond acceptors (Lipinski definition) is 8. The summed E-state index contributed by atoms with van der Waals surface area (Å²) in [7, 11) is -7.61. The maximum Gasteiger partial charge on any atom is 0.296 e. The van der Waals surface area contributed by atoms with E-state index in [1.165, 1.54) is 25.2 Å². The Kier molecular flexibility index (Phi) is 5.32. The number of hydrogen-bond donors (Lipinski definition) is 4. The molecule has 0 aliphatic carbocycles. The Balaban J connectivity index is 2.62. The number of benzene rings is 2. The van der Waals surface area contributed by atoms with Crippen LogP contribution in [0.2, 0.25) is 0 Å². The second-order valence-electron chi connectivity index (χ2n) is 5.28. The first-order valence-electron chi connectivity index (χ1n) is 7.02. The molecule has 0 aliphatic rings. The molecule has 0 unspecified atom stereocenters. The van der Waals surface area contributed by atoms with E-state index in [1.807, 2.05) is 0 Å². The third kappa shape index (κ3) is 4.35. The van der Waals surface area contributed by atoms with E-state index in [0.717, 1.165) is 6.07 Å². The molecular weight excluding hydrogens is 384 g/mol. The topological polar surface area (TPSA) is 172 Å². The van der Waals surface area contributed by atoms with Crippen LogP contribution in [-0.2, 0) is 20.2 Å². The van der Waals surface area contributed by atoms with E-state index in [0.29, 0.717) is 11.3 Å². The number of azo groups is 1. The molecule has 0 aromatic heterocycles. The van der Waals surface area contributed by atoms with Gasteiger partial charge in [-0.25, -0.2) is 0 Å². The standard InChI is InChI=1S/C14H16N4O6S2/c1-8-3-4-10(14(5-8)26(22,23)24)17-18-12-7-13(25(19,20)21)9(15)6-11(12)16-2/h3-7,16H,15H2,1-2H3,(H,19,20,21)(H,22,23,24). The van der Waals surface area contributed by atoms with Crippen LogP contribution in [0, 0.1) is 6.92 Å². The van der Waals surface area contributed by atoms with Gasteiger partial charge in [-0.05, 0) is 36.8 Å². The van der Waals surface area contributed by atoms with E-state index in [4.69, 9.17) is 5.73 Å². The third-order valence-electron chi connectivity index (χ3n) is 3.33. The predicted molar refractivity (Wildman–Crippen MR) is 95.4 cm³/mol. The van der Waals surface area contributed by atoms with Gasteiger partial charge in [-0.1, -0.05) is 6.07 Å². The highest BCUT2D eigenvalue weighted by Gasteiger charge is 2.18. The van der Waals surface area contributed by atoms with Gasteiger partial charge in [0, 0.05) is 7.05 Å². The van der Waals surface area contributed by atoms with Crippen molar-refractivity contribution < 1.29 is 25.9 Å². The van der Waals surface area contributed by atoms with Gasteiger partial charge >= 0.3 is 0 Å². The Labute approximate surface area is 150 Å². The molecule has 0 heterocycles. The first kappa shape index (κ1) is 19.8. The lowest BCUT2D eigenvalue weighted by molar-refractivity contribution is 0.481. The highest BCUT2D eigenvalue weighted by Crippen LogP contribution is 2.34. The van der Waals surface area contributed by atoms with Gasteiger partial charge in [0.15, 0.2) is 0 Å². The van der Waals surface area contributed by atoms with Crippen LogP contribution >= 0.6 is 0 Å². The van der Waals surface area contributed by atoms with Crippen molar-refractivity contribution in [2.45, 2.75) is 16.7 Å². The number of nitrogens with one attached hydrogen (secondary N) is 1. The molecule has 0 fully saturated rings.